The third kappa shape index (κ3) is 2.70. The largest absolute Gasteiger partial charge is 0.310 e. The third-order valence-corrected chi connectivity index (χ3v) is 3.69. The van der Waals surface area contributed by atoms with Crippen molar-refractivity contribution < 1.29 is 4.79 Å². The van der Waals surface area contributed by atoms with Gasteiger partial charge in [-0.2, -0.15) is 9.50 Å². The van der Waals surface area contributed by atoms with Crippen LogP contribution in [-0.2, 0) is 4.79 Å². The van der Waals surface area contributed by atoms with Crippen LogP contribution in [0.2, 0.25) is 0 Å². The second-order valence-electron chi connectivity index (χ2n) is 4.47. The van der Waals surface area contributed by atoms with E-state index in [0.29, 0.717) is 23.8 Å². The molecule has 0 aliphatic rings. The molecule has 1 amide bonds. The molecular formula is C13H13N5O2S. The highest BCUT2D eigenvalue weighted by molar-refractivity contribution is 7.13. The molecule has 0 aliphatic heterocycles. The lowest BCUT2D eigenvalue weighted by atomic mass is 10.3. The van der Waals surface area contributed by atoms with Gasteiger partial charge in [-0.15, -0.1) is 16.4 Å². The van der Waals surface area contributed by atoms with E-state index in [-0.39, 0.29) is 11.5 Å². The number of nitrogens with one attached hydrogen (secondary N) is 2. The number of carbonyl (C=O) groups excluding carboxylic acids is 1. The van der Waals surface area contributed by atoms with Gasteiger partial charge in [0.05, 0.1) is 4.88 Å². The summed E-state index contributed by atoms with van der Waals surface area (Å²) in [6, 6.07) is 5.10. The molecule has 0 aromatic carbocycles. The molecule has 0 bridgehead atoms. The quantitative estimate of drug-likeness (QED) is 0.769. The van der Waals surface area contributed by atoms with Gasteiger partial charge in [-0.25, -0.2) is 0 Å². The minimum atomic E-state index is -0.334. The average molecular weight is 303 g/mol. The van der Waals surface area contributed by atoms with Crippen LogP contribution in [0, 0.1) is 0 Å². The van der Waals surface area contributed by atoms with Gasteiger partial charge in [-0.3, -0.25) is 14.6 Å². The molecule has 3 heterocycles. The number of H-pyrrole nitrogens is 1. The summed E-state index contributed by atoms with van der Waals surface area (Å²) < 4.78 is 1.43. The van der Waals surface area contributed by atoms with E-state index in [2.05, 4.69) is 20.4 Å². The number of thiophene rings is 1. The fourth-order valence-electron chi connectivity index (χ4n) is 1.92. The molecule has 0 saturated carbocycles. The van der Waals surface area contributed by atoms with Crippen molar-refractivity contribution in [2.24, 2.45) is 0 Å². The van der Waals surface area contributed by atoms with E-state index in [9.17, 15) is 9.59 Å². The van der Waals surface area contributed by atoms with Crippen LogP contribution >= 0.6 is 11.3 Å². The Hall–Kier alpha value is -2.48. The number of aromatic nitrogens is 4. The molecule has 0 unspecified atom stereocenters. The van der Waals surface area contributed by atoms with Crippen molar-refractivity contribution >= 4 is 28.8 Å². The molecule has 7 nitrogen and oxygen atoms in total. The summed E-state index contributed by atoms with van der Waals surface area (Å²) in [6.07, 6.45) is 1.12. The molecule has 0 saturated heterocycles. The summed E-state index contributed by atoms with van der Waals surface area (Å²) in [4.78, 5) is 31.2. The van der Waals surface area contributed by atoms with Crippen LogP contribution in [0.25, 0.3) is 16.5 Å². The maximum absolute atomic E-state index is 11.7. The first kappa shape index (κ1) is 13.5. The van der Waals surface area contributed by atoms with Gasteiger partial charge in [0.1, 0.15) is 5.82 Å². The Labute approximate surface area is 123 Å². The summed E-state index contributed by atoms with van der Waals surface area (Å²) in [5.74, 6) is 0.982. The molecule has 21 heavy (non-hydrogen) atoms. The lowest BCUT2D eigenvalue weighted by molar-refractivity contribution is -0.116. The van der Waals surface area contributed by atoms with Crippen LogP contribution in [0.15, 0.2) is 28.4 Å². The lowest BCUT2D eigenvalue weighted by Gasteiger charge is -2.04. The van der Waals surface area contributed by atoms with Crippen LogP contribution in [0.3, 0.4) is 0 Å². The first-order valence-electron chi connectivity index (χ1n) is 6.51. The van der Waals surface area contributed by atoms with Crippen LogP contribution < -0.4 is 10.9 Å². The minimum absolute atomic E-state index is 0.155. The normalized spacial score (nSPS) is 10.9. The van der Waals surface area contributed by atoms with Gasteiger partial charge in [0.15, 0.2) is 5.82 Å². The van der Waals surface area contributed by atoms with E-state index >= 15 is 0 Å². The number of nitrogens with zero attached hydrogens (tertiary/aromatic N) is 3. The highest BCUT2D eigenvalue weighted by Crippen LogP contribution is 2.21. The van der Waals surface area contributed by atoms with Gasteiger partial charge in [-0.1, -0.05) is 13.0 Å². The Morgan fingerprint density at radius 3 is 3.10 bits per heavy atom. The zero-order valence-electron chi connectivity index (χ0n) is 11.3. The lowest BCUT2D eigenvalue weighted by Crippen LogP contribution is -2.18. The topological polar surface area (TPSA) is 92.1 Å². The van der Waals surface area contributed by atoms with Crippen molar-refractivity contribution in [3.8, 4) is 10.7 Å². The molecule has 3 rings (SSSR count). The van der Waals surface area contributed by atoms with Crippen molar-refractivity contribution in [1.82, 2.24) is 19.6 Å². The average Bonchev–Trinajstić information content (AvgIpc) is 3.06. The number of amides is 1. The molecule has 0 atom stereocenters. The van der Waals surface area contributed by atoms with Gasteiger partial charge in [0, 0.05) is 12.5 Å². The van der Waals surface area contributed by atoms with Crippen LogP contribution in [0.1, 0.15) is 19.8 Å². The third-order valence-electron chi connectivity index (χ3n) is 2.82. The molecule has 0 radical (unpaired) electrons. The number of anilines is 1. The highest BCUT2D eigenvalue weighted by atomic mass is 32.1. The van der Waals surface area contributed by atoms with Crippen molar-refractivity contribution in [1.29, 1.82) is 0 Å². The van der Waals surface area contributed by atoms with E-state index in [0.717, 1.165) is 11.3 Å². The molecule has 3 aromatic heterocycles. The van der Waals surface area contributed by atoms with Crippen molar-refractivity contribution in [3.63, 3.8) is 0 Å². The molecule has 108 valence electrons. The Bertz CT molecular complexity index is 834. The van der Waals surface area contributed by atoms with E-state index in [1.165, 1.54) is 21.9 Å². The smallest absolute Gasteiger partial charge is 0.254 e. The molecule has 0 aliphatic carbocycles. The summed E-state index contributed by atoms with van der Waals surface area (Å²) in [7, 11) is 0. The number of aromatic amines is 1. The van der Waals surface area contributed by atoms with Gasteiger partial charge < -0.3 is 5.32 Å². The Kier molecular flexibility index (Phi) is 3.53. The minimum Gasteiger partial charge on any atom is -0.310 e. The summed E-state index contributed by atoms with van der Waals surface area (Å²) in [5.41, 5.74) is -0.334. The second-order valence-corrected chi connectivity index (χ2v) is 5.41. The molecule has 0 fully saturated rings. The van der Waals surface area contributed by atoms with Gasteiger partial charge >= 0.3 is 0 Å². The molecular weight excluding hydrogens is 290 g/mol. The van der Waals surface area contributed by atoms with Crippen LogP contribution in [0.4, 0.5) is 5.82 Å². The standard InChI is InChI=1S/C13H13N5O2S/c1-2-4-10(19)14-9-7-11(20)15-13-16-12(17-18(9)13)8-5-3-6-21-8/h3,5-7H,2,4H2,1H3,(H,14,19)(H,15,16,17,20). The second kappa shape index (κ2) is 5.49. The number of hydrogen-bond acceptors (Lipinski definition) is 5. The summed E-state index contributed by atoms with van der Waals surface area (Å²) in [5, 5.41) is 8.96. The van der Waals surface area contributed by atoms with Gasteiger partial charge in [0.2, 0.25) is 11.7 Å². The van der Waals surface area contributed by atoms with Crippen molar-refractivity contribution in [2.45, 2.75) is 19.8 Å². The fraction of sp³-hybridized carbons (Fsp3) is 0.231. The van der Waals surface area contributed by atoms with Crippen molar-refractivity contribution in [2.75, 3.05) is 5.32 Å². The summed E-state index contributed by atoms with van der Waals surface area (Å²) >= 11 is 1.51. The molecule has 0 spiro atoms. The van der Waals surface area contributed by atoms with E-state index < -0.39 is 0 Å². The maximum atomic E-state index is 11.7. The number of rotatable bonds is 4. The Morgan fingerprint density at radius 1 is 1.52 bits per heavy atom. The van der Waals surface area contributed by atoms with Gasteiger partial charge in [0.25, 0.3) is 5.56 Å². The first-order chi connectivity index (χ1) is 10.2. The van der Waals surface area contributed by atoms with E-state index in [1.807, 2.05) is 24.4 Å². The van der Waals surface area contributed by atoms with Crippen molar-refractivity contribution in [3.05, 3.63) is 33.9 Å². The maximum Gasteiger partial charge on any atom is 0.254 e. The number of fused-ring (bicyclic) bond motifs is 1. The monoisotopic (exact) mass is 303 g/mol. The molecule has 8 heteroatoms. The number of carbonyl (C=O) groups is 1. The molecule has 3 aromatic rings. The first-order valence-corrected chi connectivity index (χ1v) is 7.39. The number of hydrogen-bond donors (Lipinski definition) is 2. The zero-order valence-corrected chi connectivity index (χ0v) is 12.1. The molecule has 2 N–H and O–H groups in total. The fourth-order valence-corrected chi connectivity index (χ4v) is 2.58. The van der Waals surface area contributed by atoms with E-state index in [4.69, 9.17) is 0 Å². The van der Waals surface area contributed by atoms with Gasteiger partial charge in [-0.05, 0) is 17.9 Å². The Morgan fingerprint density at radius 2 is 2.38 bits per heavy atom. The predicted molar refractivity (Wildman–Crippen MR) is 80.5 cm³/mol. The Balaban J connectivity index is 2.07. The predicted octanol–water partition coefficient (Wildman–Crippen LogP) is 1.88. The SMILES string of the molecule is CCCC(=O)Nc1cc(=O)[nH]c2nc(-c3cccs3)nn12. The summed E-state index contributed by atoms with van der Waals surface area (Å²) in [6.45, 7) is 1.91. The van der Waals surface area contributed by atoms with E-state index in [1.54, 1.807) is 0 Å². The zero-order chi connectivity index (χ0) is 14.8. The van der Waals surface area contributed by atoms with Crippen LogP contribution in [0.5, 0.6) is 0 Å². The van der Waals surface area contributed by atoms with Crippen LogP contribution in [-0.4, -0.2) is 25.5 Å². The highest BCUT2D eigenvalue weighted by Gasteiger charge is 2.13.